The Morgan fingerprint density at radius 2 is 1.12 bits per heavy atom. The Hall–Kier alpha value is -2.96. The van der Waals surface area contributed by atoms with Crippen LogP contribution in [0.1, 0.15) is 41.0 Å². The average Bonchev–Trinajstić information content (AvgIpc) is 2.82. The first-order chi connectivity index (χ1) is 15.7. The third-order valence-electron chi connectivity index (χ3n) is 5.29. The molecule has 3 aromatic carbocycles. The van der Waals surface area contributed by atoms with E-state index in [1.165, 1.54) is 0 Å². The van der Waals surface area contributed by atoms with Crippen molar-refractivity contribution in [2.75, 3.05) is 0 Å². The molecular formula is C27H27O4S2. The maximum absolute atomic E-state index is 13.6. The van der Waals surface area contributed by atoms with E-state index in [-0.39, 0.29) is 9.79 Å². The van der Waals surface area contributed by atoms with Crippen molar-refractivity contribution in [2.45, 2.75) is 41.1 Å². The zero-order valence-electron chi connectivity index (χ0n) is 18.8. The SMILES string of the molecule is CC=CC(c1[c]c(C)ccc1C(C=CC)S(=O)(=O)c1ccccc1)S(=O)(=O)c1ccccc1. The Morgan fingerprint density at radius 3 is 1.61 bits per heavy atom. The quantitative estimate of drug-likeness (QED) is 0.373. The highest BCUT2D eigenvalue weighted by Gasteiger charge is 2.34. The molecule has 6 heteroatoms. The maximum atomic E-state index is 13.6. The number of allylic oxidation sites excluding steroid dienone is 2. The van der Waals surface area contributed by atoms with Gasteiger partial charge in [-0.1, -0.05) is 72.8 Å². The van der Waals surface area contributed by atoms with Crippen molar-refractivity contribution >= 4 is 19.7 Å². The van der Waals surface area contributed by atoms with Crippen molar-refractivity contribution in [3.63, 3.8) is 0 Å². The fourth-order valence-corrected chi connectivity index (χ4v) is 7.14. The van der Waals surface area contributed by atoms with Crippen molar-refractivity contribution in [3.8, 4) is 0 Å². The summed E-state index contributed by atoms with van der Waals surface area (Å²) in [6.07, 6.45) is 6.51. The molecule has 0 spiro atoms. The normalized spacial score (nSPS) is 14.5. The molecule has 171 valence electrons. The lowest BCUT2D eigenvalue weighted by molar-refractivity contribution is 0.585. The van der Waals surface area contributed by atoms with Crippen LogP contribution in [0.3, 0.4) is 0 Å². The van der Waals surface area contributed by atoms with Gasteiger partial charge in [-0.25, -0.2) is 16.8 Å². The molecule has 0 amide bonds. The van der Waals surface area contributed by atoms with Gasteiger partial charge in [0.25, 0.3) is 0 Å². The summed E-state index contributed by atoms with van der Waals surface area (Å²) in [5.74, 6) is 0. The molecule has 0 bridgehead atoms. The van der Waals surface area contributed by atoms with Gasteiger partial charge in [-0.05, 0) is 67.8 Å². The van der Waals surface area contributed by atoms with Crippen LogP contribution in [0.25, 0.3) is 0 Å². The van der Waals surface area contributed by atoms with E-state index in [2.05, 4.69) is 6.07 Å². The summed E-state index contributed by atoms with van der Waals surface area (Å²) in [5, 5.41) is -2.14. The number of rotatable bonds is 8. The molecule has 0 aliphatic rings. The zero-order valence-corrected chi connectivity index (χ0v) is 20.5. The average molecular weight is 480 g/mol. The fraction of sp³-hybridized carbons (Fsp3) is 0.185. The Morgan fingerprint density at radius 1 is 0.667 bits per heavy atom. The van der Waals surface area contributed by atoms with Crippen molar-refractivity contribution in [1.29, 1.82) is 0 Å². The molecule has 1 radical (unpaired) electrons. The summed E-state index contributed by atoms with van der Waals surface area (Å²) in [6.45, 7) is 5.30. The molecule has 3 aromatic rings. The summed E-state index contributed by atoms with van der Waals surface area (Å²) < 4.78 is 54.6. The Labute approximate surface area is 197 Å². The van der Waals surface area contributed by atoms with Gasteiger partial charge >= 0.3 is 0 Å². The first kappa shape index (κ1) is 24.7. The van der Waals surface area contributed by atoms with Gasteiger partial charge in [0, 0.05) is 0 Å². The number of aryl methyl sites for hydroxylation is 1. The van der Waals surface area contributed by atoms with Gasteiger partial charge in [0.05, 0.1) is 9.79 Å². The molecule has 0 saturated heterocycles. The lowest BCUT2D eigenvalue weighted by atomic mass is 9.98. The van der Waals surface area contributed by atoms with Crippen LogP contribution in [0, 0.1) is 13.0 Å². The van der Waals surface area contributed by atoms with E-state index in [0.717, 1.165) is 5.56 Å². The van der Waals surface area contributed by atoms with Crippen LogP contribution in [0.15, 0.2) is 107 Å². The number of hydrogen-bond acceptors (Lipinski definition) is 4. The van der Waals surface area contributed by atoms with Gasteiger partial charge in [0.1, 0.15) is 10.5 Å². The van der Waals surface area contributed by atoms with Crippen LogP contribution in [0.2, 0.25) is 0 Å². The summed E-state index contributed by atoms with van der Waals surface area (Å²) in [5.41, 5.74) is 1.45. The van der Waals surface area contributed by atoms with Gasteiger partial charge in [-0.3, -0.25) is 0 Å². The van der Waals surface area contributed by atoms with E-state index in [9.17, 15) is 16.8 Å². The number of sulfone groups is 2. The standard InChI is InChI=1S/C27H27O4S2/c1-4-12-26(32(28,29)22-14-8-6-9-15-22)24-19-18-21(3)20-25(24)27(13-5-2)33(30,31)23-16-10-7-11-17-23/h4-19,26-27H,1-3H3. The molecule has 0 heterocycles. The van der Waals surface area contributed by atoms with Crippen molar-refractivity contribution < 1.29 is 16.8 Å². The van der Waals surface area contributed by atoms with E-state index in [1.54, 1.807) is 111 Å². The Kier molecular flexibility index (Phi) is 7.72. The highest BCUT2D eigenvalue weighted by Crippen LogP contribution is 2.39. The second kappa shape index (κ2) is 10.3. The van der Waals surface area contributed by atoms with Crippen LogP contribution in [-0.2, 0) is 19.7 Å². The topological polar surface area (TPSA) is 68.3 Å². The minimum atomic E-state index is -3.85. The molecule has 0 saturated carbocycles. The van der Waals surface area contributed by atoms with Crippen molar-refractivity contribution in [3.05, 3.63) is 120 Å². The summed E-state index contributed by atoms with van der Waals surface area (Å²) in [6, 6.07) is 23.0. The van der Waals surface area contributed by atoms with Crippen molar-refractivity contribution in [2.24, 2.45) is 0 Å². The van der Waals surface area contributed by atoms with Crippen LogP contribution < -0.4 is 0 Å². The molecule has 2 atom stereocenters. The second-order valence-electron chi connectivity index (χ2n) is 7.62. The molecular weight excluding hydrogens is 452 g/mol. The van der Waals surface area contributed by atoms with Crippen LogP contribution in [0.4, 0.5) is 0 Å². The van der Waals surface area contributed by atoms with Gasteiger partial charge in [-0.15, -0.1) is 0 Å². The molecule has 0 aliphatic heterocycles. The molecule has 0 fully saturated rings. The van der Waals surface area contributed by atoms with Gasteiger partial charge < -0.3 is 0 Å². The molecule has 4 nitrogen and oxygen atoms in total. The predicted molar refractivity (Wildman–Crippen MR) is 132 cm³/mol. The third kappa shape index (κ3) is 5.18. The summed E-state index contributed by atoms with van der Waals surface area (Å²) in [7, 11) is -7.69. The minimum Gasteiger partial charge on any atom is -0.223 e. The molecule has 3 rings (SSSR count). The van der Waals surface area contributed by atoms with Gasteiger partial charge in [0.15, 0.2) is 19.7 Å². The smallest absolute Gasteiger partial charge is 0.188 e. The molecule has 0 aromatic heterocycles. The van der Waals surface area contributed by atoms with E-state index >= 15 is 0 Å². The van der Waals surface area contributed by atoms with Gasteiger partial charge in [-0.2, -0.15) is 0 Å². The monoisotopic (exact) mass is 479 g/mol. The number of hydrogen-bond donors (Lipinski definition) is 0. The highest BCUT2D eigenvalue weighted by molar-refractivity contribution is 7.92. The molecule has 33 heavy (non-hydrogen) atoms. The maximum Gasteiger partial charge on any atom is 0.188 e. The van der Waals surface area contributed by atoms with Crippen LogP contribution >= 0.6 is 0 Å². The molecule has 0 N–H and O–H groups in total. The summed E-state index contributed by atoms with van der Waals surface area (Å²) in [4.78, 5) is 0.343. The molecule has 2 unspecified atom stereocenters. The molecule has 0 aliphatic carbocycles. The van der Waals surface area contributed by atoms with E-state index in [0.29, 0.717) is 11.1 Å². The summed E-state index contributed by atoms with van der Waals surface area (Å²) >= 11 is 0. The fourth-order valence-electron chi connectivity index (χ4n) is 3.71. The van der Waals surface area contributed by atoms with Crippen LogP contribution in [-0.4, -0.2) is 16.8 Å². The van der Waals surface area contributed by atoms with E-state index in [1.807, 2.05) is 6.92 Å². The third-order valence-corrected chi connectivity index (χ3v) is 9.29. The Bertz CT molecular complexity index is 1360. The predicted octanol–water partition coefficient (Wildman–Crippen LogP) is 5.98. The van der Waals surface area contributed by atoms with Crippen LogP contribution in [0.5, 0.6) is 0 Å². The van der Waals surface area contributed by atoms with Crippen molar-refractivity contribution in [1.82, 2.24) is 0 Å². The highest BCUT2D eigenvalue weighted by atomic mass is 32.2. The van der Waals surface area contributed by atoms with E-state index in [4.69, 9.17) is 0 Å². The first-order valence-electron chi connectivity index (χ1n) is 10.6. The Balaban J connectivity index is 2.29. The number of benzene rings is 3. The van der Waals surface area contributed by atoms with Gasteiger partial charge in [0.2, 0.25) is 0 Å². The van der Waals surface area contributed by atoms with E-state index < -0.39 is 30.2 Å². The second-order valence-corrected chi connectivity index (χ2v) is 11.8. The minimum absolute atomic E-state index is 0.169. The lowest BCUT2D eigenvalue weighted by Crippen LogP contribution is -2.19. The largest absolute Gasteiger partial charge is 0.223 e. The first-order valence-corrected chi connectivity index (χ1v) is 13.7. The zero-order chi connectivity index (χ0) is 24.1. The lowest BCUT2D eigenvalue weighted by Gasteiger charge is -2.23.